The van der Waals surface area contributed by atoms with Crippen LogP contribution in [0.25, 0.3) is 0 Å². The molecule has 2 fully saturated rings. The van der Waals surface area contributed by atoms with E-state index >= 15 is 0 Å². The van der Waals surface area contributed by atoms with E-state index in [4.69, 9.17) is 9.15 Å². The Labute approximate surface area is 161 Å². The first-order chi connectivity index (χ1) is 12.5. The second kappa shape index (κ2) is 5.84. The van der Waals surface area contributed by atoms with Gasteiger partial charge in [0.25, 0.3) is 0 Å². The van der Waals surface area contributed by atoms with Gasteiger partial charge in [0.05, 0.1) is 18.0 Å². The van der Waals surface area contributed by atoms with Gasteiger partial charge in [0.2, 0.25) is 0 Å². The zero-order chi connectivity index (χ0) is 19.8. The molecular formula is C22H32O5. The normalized spacial score (nSPS) is 45.4. The Balaban J connectivity index is 1.88. The molecule has 0 bridgehead atoms. The first-order valence-corrected chi connectivity index (χ1v) is 10.2. The molecule has 0 spiro atoms. The first-order valence-electron chi connectivity index (χ1n) is 10.2. The van der Waals surface area contributed by atoms with Crippen LogP contribution in [0.2, 0.25) is 0 Å². The summed E-state index contributed by atoms with van der Waals surface area (Å²) in [6.07, 6.45) is 3.20. The molecule has 0 unspecified atom stereocenters. The summed E-state index contributed by atoms with van der Waals surface area (Å²) >= 11 is 0. The van der Waals surface area contributed by atoms with E-state index in [2.05, 4.69) is 27.7 Å². The number of hydrogen-bond donors (Lipinski definition) is 2. The van der Waals surface area contributed by atoms with Gasteiger partial charge in [-0.05, 0) is 47.6 Å². The largest absolute Gasteiger partial charge is 0.469 e. The fourth-order valence-electron chi connectivity index (χ4n) is 6.88. The highest BCUT2D eigenvalue weighted by Gasteiger charge is 2.71. The van der Waals surface area contributed by atoms with E-state index in [1.807, 2.05) is 6.07 Å². The van der Waals surface area contributed by atoms with Gasteiger partial charge in [-0.2, -0.15) is 0 Å². The highest BCUT2D eigenvalue weighted by atomic mass is 16.5. The SMILES string of the molecule is CC(=O)O[C@H]1CCC(C)(C)[C@]2(O)C[C@H](O)[C@H]3[C@@H](C)c4ccoc4C[C@@H]3[C@@]12C. The van der Waals surface area contributed by atoms with Crippen LogP contribution in [0.3, 0.4) is 0 Å². The van der Waals surface area contributed by atoms with Crippen molar-refractivity contribution in [3.8, 4) is 0 Å². The summed E-state index contributed by atoms with van der Waals surface area (Å²) in [5, 5.41) is 23.2. The zero-order valence-electron chi connectivity index (χ0n) is 17.0. The van der Waals surface area contributed by atoms with Gasteiger partial charge in [-0.15, -0.1) is 0 Å². The third kappa shape index (κ3) is 2.34. The minimum atomic E-state index is -1.12. The lowest BCUT2D eigenvalue weighted by Crippen LogP contribution is -2.73. The van der Waals surface area contributed by atoms with Crippen molar-refractivity contribution in [1.29, 1.82) is 0 Å². The molecule has 2 saturated carbocycles. The van der Waals surface area contributed by atoms with Gasteiger partial charge in [0.15, 0.2) is 0 Å². The van der Waals surface area contributed by atoms with Crippen LogP contribution in [0.4, 0.5) is 0 Å². The number of aliphatic hydroxyl groups is 2. The molecule has 0 aromatic carbocycles. The van der Waals surface area contributed by atoms with Crippen molar-refractivity contribution in [2.75, 3.05) is 0 Å². The molecule has 0 amide bonds. The van der Waals surface area contributed by atoms with E-state index in [0.717, 1.165) is 24.2 Å². The molecule has 3 aliphatic carbocycles. The van der Waals surface area contributed by atoms with Crippen molar-refractivity contribution in [2.24, 2.45) is 22.7 Å². The summed E-state index contributed by atoms with van der Waals surface area (Å²) in [4.78, 5) is 11.9. The number of hydrogen-bond acceptors (Lipinski definition) is 5. The minimum absolute atomic E-state index is 0.00679. The standard InChI is InChI=1S/C22H32O5/c1-12-14-7-9-26-17(14)10-15-19(12)16(24)11-22(25)20(3,4)8-6-18(21(15,22)5)27-13(2)23/h7,9,12,15-16,18-19,24-25H,6,8,10-11H2,1-5H3/t12-,15-,16-,18-,19-,21-,22+/m0/s1. The van der Waals surface area contributed by atoms with Gasteiger partial charge in [-0.1, -0.05) is 27.7 Å². The smallest absolute Gasteiger partial charge is 0.302 e. The zero-order valence-corrected chi connectivity index (χ0v) is 17.0. The molecule has 27 heavy (non-hydrogen) atoms. The van der Waals surface area contributed by atoms with Crippen LogP contribution >= 0.6 is 0 Å². The number of carbonyl (C=O) groups excluding carboxylic acids is 1. The predicted molar refractivity (Wildman–Crippen MR) is 100 cm³/mol. The van der Waals surface area contributed by atoms with Crippen molar-refractivity contribution in [3.05, 3.63) is 23.7 Å². The highest BCUT2D eigenvalue weighted by molar-refractivity contribution is 5.66. The molecule has 1 aromatic rings. The van der Waals surface area contributed by atoms with E-state index in [1.54, 1.807) is 6.26 Å². The Hall–Kier alpha value is -1.33. The maximum Gasteiger partial charge on any atom is 0.302 e. The highest BCUT2D eigenvalue weighted by Crippen LogP contribution is 2.67. The Morgan fingerprint density at radius 3 is 2.70 bits per heavy atom. The molecule has 4 rings (SSSR count). The second-order valence-corrected chi connectivity index (χ2v) is 9.91. The Bertz CT molecular complexity index is 752. The molecular weight excluding hydrogens is 344 g/mol. The van der Waals surface area contributed by atoms with Crippen LogP contribution in [0, 0.1) is 22.7 Å². The van der Waals surface area contributed by atoms with E-state index in [-0.39, 0.29) is 35.2 Å². The number of rotatable bonds is 1. The Morgan fingerprint density at radius 1 is 1.33 bits per heavy atom. The van der Waals surface area contributed by atoms with Crippen LogP contribution < -0.4 is 0 Å². The number of ether oxygens (including phenoxy) is 1. The van der Waals surface area contributed by atoms with Crippen molar-refractivity contribution < 1.29 is 24.2 Å². The van der Waals surface area contributed by atoms with Crippen LogP contribution in [0.15, 0.2) is 16.7 Å². The molecule has 3 aliphatic rings. The molecule has 1 aromatic heterocycles. The van der Waals surface area contributed by atoms with Gasteiger partial charge < -0.3 is 19.4 Å². The van der Waals surface area contributed by atoms with E-state index < -0.39 is 17.1 Å². The quantitative estimate of drug-likeness (QED) is 0.734. The summed E-state index contributed by atoms with van der Waals surface area (Å²) in [7, 11) is 0. The van der Waals surface area contributed by atoms with Crippen molar-refractivity contribution >= 4 is 5.97 Å². The molecule has 5 nitrogen and oxygen atoms in total. The summed E-state index contributed by atoms with van der Waals surface area (Å²) < 4.78 is 11.6. The number of aliphatic hydroxyl groups excluding tert-OH is 1. The van der Waals surface area contributed by atoms with Gasteiger partial charge in [0.1, 0.15) is 11.9 Å². The Kier molecular flexibility index (Phi) is 4.11. The van der Waals surface area contributed by atoms with E-state index in [0.29, 0.717) is 12.8 Å². The third-order valence-corrected chi connectivity index (χ3v) is 8.46. The molecule has 5 heteroatoms. The average Bonchev–Trinajstić information content (AvgIpc) is 3.03. The minimum Gasteiger partial charge on any atom is -0.469 e. The van der Waals surface area contributed by atoms with Crippen LogP contribution in [-0.4, -0.2) is 34.0 Å². The third-order valence-electron chi connectivity index (χ3n) is 8.46. The van der Waals surface area contributed by atoms with Crippen molar-refractivity contribution in [1.82, 2.24) is 0 Å². The molecule has 7 atom stereocenters. The number of carbonyl (C=O) groups is 1. The van der Waals surface area contributed by atoms with Crippen LogP contribution in [0.5, 0.6) is 0 Å². The maximum absolute atomic E-state index is 12.1. The fourth-order valence-corrected chi connectivity index (χ4v) is 6.88. The lowest BCUT2D eigenvalue weighted by molar-refractivity contribution is -0.296. The van der Waals surface area contributed by atoms with Gasteiger partial charge >= 0.3 is 5.97 Å². The second-order valence-electron chi connectivity index (χ2n) is 9.91. The molecule has 0 saturated heterocycles. The fraction of sp³-hybridized carbons (Fsp3) is 0.773. The summed E-state index contributed by atoms with van der Waals surface area (Å²) in [6.45, 7) is 9.80. The van der Waals surface area contributed by atoms with Gasteiger partial charge in [0, 0.05) is 25.2 Å². The molecule has 0 aliphatic heterocycles. The molecule has 2 N–H and O–H groups in total. The lowest BCUT2D eigenvalue weighted by atomic mass is 9.40. The lowest BCUT2D eigenvalue weighted by Gasteiger charge is -2.68. The van der Waals surface area contributed by atoms with E-state index in [1.165, 1.54) is 6.92 Å². The van der Waals surface area contributed by atoms with Gasteiger partial charge in [-0.25, -0.2) is 0 Å². The summed E-state index contributed by atoms with van der Waals surface area (Å²) in [6, 6.07) is 2.00. The van der Waals surface area contributed by atoms with Crippen molar-refractivity contribution in [2.45, 2.75) is 84.0 Å². The van der Waals surface area contributed by atoms with Crippen LogP contribution in [0.1, 0.15) is 71.1 Å². The Morgan fingerprint density at radius 2 is 2.04 bits per heavy atom. The summed E-state index contributed by atoms with van der Waals surface area (Å²) in [5.74, 6) is 0.743. The van der Waals surface area contributed by atoms with E-state index in [9.17, 15) is 15.0 Å². The monoisotopic (exact) mass is 376 g/mol. The maximum atomic E-state index is 12.1. The number of furan rings is 1. The molecule has 1 heterocycles. The topological polar surface area (TPSA) is 79.9 Å². The average molecular weight is 376 g/mol. The molecule has 150 valence electrons. The summed E-state index contributed by atoms with van der Waals surface area (Å²) in [5.41, 5.74) is -0.994. The van der Waals surface area contributed by atoms with Crippen LogP contribution in [-0.2, 0) is 16.0 Å². The number of fused-ring (bicyclic) bond motifs is 4. The van der Waals surface area contributed by atoms with Crippen molar-refractivity contribution in [3.63, 3.8) is 0 Å². The van der Waals surface area contributed by atoms with Gasteiger partial charge in [-0.3, -0.25) is 4.79 Å². The predicted octanol–water partition coefficient (Wildman–Crippen LogP) is 3.43. The number of esters is 1. The molecule has 0 radical (unpaired) electrons. The first kappa shape index (κ1) is 19.0.